The Morgan fingerprint density at radius 1 is 1.37 bits per heavy atom. The summed E-state index contributed by atoms with van der Waals surface area (Å²) in [5.41, 5.74) is 0. The molecule has 2 aliphatic rings. The first-order valence-electron chi connectivity index (χ1n) is 7.38. The smallest absolute Gasteiger partial charge is 0.220 e. The monoisotopic (exact) mass is 290 g/mol. The molecule has 0 aromatic heterocycles. The number of nitrogens with one attached hydrogen (secondary N) is 2. The van der Waals surface area contributed by atoms with E-state index in [1.54, 1.807) is 0 Å². The van der Waals surface area contributed by atoms with E-state index >= 15 is 0 Å². The van der Waals surface area contributed by atoms with E-state index in [1.165, 1.54) is 12.8 Å². The van der Waals surface area contributed by atoms with Crippen LogP contribution in [0.2, 0.25) is 0 Å². The number of amides is 1. The molecule has 2 aliphatic heterocycles. The zero-order valence-electron chi connectivity index (χ0n) is 11.7. The van der Waals surface area contributed by atoms with Crippen LogP contribution in [0.15, 0.2) is 0 Å². The number of carbonyl (C=O) groups is 1. The van der Waals surface area contributed by atoms with Crippen molar-refractivity contribution in [3.63, 3.8) is 0 Å². The lowest BCUT2D eigenvalue weighted by Gasteiger charge is -2.28. The number of piperidine rings is 1. The van der Waals surface area contributed by atoms with Gasteiger partial charge in [-0.1, -0.05) is 13.3 Å². The second-order valence-corrected chi connectivity index (χ2v) is 5.93. The minimum absolute atomic E-state index is 0. The van der Waals surface area contributed by atoms with Gasteiger partial charge in [0.1, 0.15) is 0 Å². The summed E-state index contributed by atoms with van der Waals surface area (Å²) in [5, 5.41) is 16.0. The van der Waals surface area contributed by atoms with Gasteiger partial charge in [-0.25, -0.2) is 0 Å². The molecular formula is C14H27ClN2O2. The fraction of sp³-hybridized carbons (Fsp3) is 0.929. The van der Waals surface area contributed by atoms with Crippen LogP contribution in [0, 0.1) is 5.92 Å². The summed E-state index contributed by atoms with van der Waals surface area (Å²) in [5.74, 6) is 0.642. The second kappa shape index (κ2) is 8.08. The van der Waals surface area contributed by atoms with E-state index in [4.69, 9.17) is 0 Å². The van der Waals surface area contributed by atoms with Crippen molar-refractivity contribution in [1.82, 2.24) is 10.6 Å². The van der Waals surface area contributed by atoms with E-state index in [1.807, 2.05) is 6.92 Å². The molecule has 2 fully saturated rings. The van der Waals surface area contributed by atoms with Gasteiger partial charge in [-0.15, -0.1) is 12.4 Å². The van der Waals surface area contributed by atoms with Crippen molar-refractivity contribution in [1.29, 1.82) is 0 Å². The number of carbonyl (C=O) groups excluding carboxylic acids is 1. The summed E-state index contributed by atoms with van der Waals surface area (Å²) >= 11 is 0. The van der Waals surface area contributed by atoms with Crippen molar-refractivity contribution in [3.05, 3.63) is 0 Å². The molecule has 3 atom stereocenters. The number of hydrogen-bond donors (Lipinski definition) is 3. The van der Waals surface area contributed by atoms with Crippen molar-refractivity contribution < 1.29 is 9.90 Å². The molecule has 0 radical (unpaired) electrons. The van der Waals surface area contributed by atoms with E-state index in [0.717, 1.165) is 25.7 Å². The van der Waals surface area contributed by atoms with Gasteiger partial charge in [0.15, 0.2) is 0 Å². The molecule has 0 aromatic carbocycles. The Bertz CT molecular complexity index is 277. The van der Waals surface area contributed by atoms with Crippen molar-refractivity contribution in [2.24, 2.45) is 5.92 Å². The van der Waals surface area contributed by atoms with E-state index in [9.17, 15) is 9.90 Å². The minimum Gasteiger partial charge on any atom is -0.391 e. The van der Waals surface area contributed by atoms with Crippen LogP contribution in [0.5, 0.6) is 0 Å². The molecule has 0 aromatic rings. The highest BCUT2D eigenvalue weighted by Crippen LogP contribution is 2.32. The highest BCUT2D eigenvalue weighted by atomic mass is 35.5. The number of rotatable bonds is 6. The minimum atomic E-state index is -0.386. The van der Waals surface area contributed by atoms with Crippen LogP contribution in [0.1, 0.15) is 51.9 Å². The van der Waals surface area contributed by atoms with E-state index in [0.29, 0.717) is 31.0 Å². The van der Waals surface area contributed by atoms with Gasteiger partial charge in [-0.2, -0.15) is 0 Å². The average Bonchev–Trinajstić information content (AvgIpc) is 2.67. The van der Waals surface area contributed by atoms with Crippen LogP contribution in [0.25, 0.3) is 0 Å². The summed E-state index contributed by atoms with van der Waals surface area (Å²) < 4.78 is 0. The molecule has 5 heteroatoms. The maximum absolute atomic E-state index is 11.8. The third-order valence-electron chi connectivity index (χ3n) is 4.20. The highest BCUT2D eigenvalue weighted by molar-refractivity contribution is 5.85. The number of aliphatic hydroxyl groups excluding tert-OH is 1. The largest absolute Gasteiger partial charge is 0.391 e. The van der Waals surface area contributed by atoms with Gasteiger partial charge in [0, 0.05) is 25.0 Å². The van der Waals surface area contributed by atoms with E-state index in [-0.39, 0.29) is 24.4 Å². The Balaban J connectivity index is 0.00000180. The number of hydrogen-bond acceptors (Lipinski definition) is 3. The van der Waals surface area contributed by atoms with Crippen LogP contribution in [-0.2, 0) is 4.79 Å². The molecule has 3 N–H and O–H groups in total. The van der Waals surface area contributed by atoms with Crippen molar-refractivity contribution in [2.75, 3.05) is 6.54 Å². The molecule has 2 bridgehead atoms. The maximum Gasteiger partial charge on any atom is 0.220 e. The molecule has 0 saturated carbocycles. The molecular weight excluding hydrogens is 264 g/mol. The van der Waals surface area contributed by atoms with Gasteiger partial charge in [-0.05, 0) is 38.0 Å². The summed E-state index contributed by atoms with van der Waals surface area (Å²) in [6.07, 6.45) is 6.79. The van der Waals surface area contributed by atoms with Crippen LogP contribution < -0.4 is 10.6 Å². The van der Waals surface area contributed by atoms with Gasteiger partial charge in [0.2, 0.25) is 5.91 Å². The number of fused-ring (bicyclic) bond motifs is 2. The summed E-state index contributed by atoms with van der Waals surface area (Å²) in [4.78, 5) is 11.8. The zero-order valence-corrected chi connectivity index (χ0v) is 12.5. The molecule has 1 amide bonds. The molecule has 2 saturated heterocycles. The van der Waals surface area contributed by atoms with Crippen LogP contribution in [-0.4, -0.2) is 35.7 Å². The van der Waals surface area contributed by atoms with Gasteiger partial charge < -0.3 is 15.7 Å². The van der Waals surface area contributed by atoms with Crippen LogP contribution >= 0.6 is 12.4 Å². The molecule has 112 valence electrons. The summed E-state index contributed by atoms with van der Waals surface area (Å²) in [6.45, 7) is 2.44. The van der Waals surface area contributed by atoms with Gasteiger partial charge in [0.05, 0.1) is 6.10 Å². The van der Waals surface area contributed by atoms with Gasteiger partial charge in [0.25, 0.3) is 0 Å². The lowest BCUT2D eigenvalue weighted by molar-refractivity contribution is -0.122. The maximum atomic E-state index is 11.8. The Kier molecular flexibility index (Phi) is 7.11. The highest BCUT2D eigenvalue weighted by Gasteiger charge is 2.34. The molecule has 2 heterocycles. The Labute approximate surface area is 122 Å². The number of halogens is 1. The molecule has 0 spiro atoms. The van der Waals surface area contributed by atoms with Crippen molar-refractivity contribution in [3.8, 4) is 0 Å². The standard InChI is InChI=1S/C14H26N2O2.ClH/c1-2-3-13(17)9-15-14(18)8-10-6-11-4-5-12(7-10)16-11;/h10-13,16-17H,2-9H2,1H3,(H,15,18);1H. The zero-order chi connectivity index (χ0) is 13.0. The third-order valence-corrected chi connectivity index (χ3v) is 4.20. The van der Waals surface area contributed by atoms with Gasteiger partial charge in [-0.3, -0.25) is 4.79 Å². The van der Waals surface area contributed by atoms with Crippen LogP contribution in [0.4, 0.5) is 0 Å². The van der Waals surface area contributed by atoms with E-state index < -0.39 is 0 Å². The topological polar surface area (TPSA) is 61.4 Å². The summed E-state index contributed by atoms with van der Waals surface area (Å²) in [6, 6.07) is 1.29. The average molecular weight is 291 g/mol. The number of aliphatic hydroxyl groups is 1. The lowest BCUT2D eigenvalue weighted by Crippen LogP contribution is -2.40. The lowest BCUT2D eigenvalue weighted by atomic mass is 9.89. The first-order valence-corrected chi connectivity index (χ1v) is 7.38. The quantitative estimate of drug-likeness (QED) is 0.696. The van der Waals surface area contributed by atoms with Crippen molar-refractivity contribution in [2.45, 2.75) is 70.1 Å². The first kappa shape index (κ1) is 16.7. The SMILES string of the molecule is CCCC(O)CNC(=O)CC1CC2CCC(C1)N2.Cl. The fourth-order valence-corrected chi connectivity index (χ4v) is 3.34. The molecule has 4 nitrogen and oxygen atoms in total. The Hall–Kier alpha value is -0.320. The molecule has 2 rings (SSSR count). The van der Waals surface area contributed by atoms with E-state index in [2.05, 4.69) is 10.6 Å². The molecule has 3 unspecified atom stereocenters. The Morgan fingerprint density at radius 3 is 2.58 bits per heavy atom. The Morgan fingerprint density at radius 2 is 2.00 bits per heavy atom. The predicted molar refractivity (Wildman–Crippen MR) is 78.5 cm³/mol. The summed E-state index contributed by atoms with van der Waals surface area (Å²) in [7, 11) is 0. The third kappa shape index (κ3) is 5.28. The van der Waals surface area contributed by atoms with Crippen LogP contribution in [0.3, 0.4) is 0 Å². The first-order chi connectivity index (χ1) is 8.67. The fourth-order valence-electron chi connectivity index (χ4n) is 3.34. The predicted octanol–water partition coefficient (Wildman–Crippen LogP) is 1.61. The molecule has 0 aliphatic carbocycles. The molecule has 19 heavy (non-hydrogen) atoms. The second-order valence-electron chi connectivity index (χ2n) is 5.93. The normalized spacial score (nSPS) is 30.5. The van der Waals surface area contributed by atoms with Gasteiger partial charge >= 0.3 is 0 Å². The van der Waals surface area contributed by atoms with Crippen molar-refractivity contribution >= 4 is 18.3 Å².